The molecule has 0 radical (unpaired) electrons. The van der Waals surface area contributed by atoms with Crippen molar-refractivity contribution >= 4 is 34.6 Å². The summed E-state index contributed by atoms with van der Waals surface area (Å²) >= 11 is 1.01. The second-order valence-electron chi connectivity index (χ2n) is 5.86. The summed E-state index contributed by atoms with van der Waals surface area (Å²) in [5, 5.41) is 11.2. The van der Waals surface area contributed by atoms with Crippen LogP contribution in [0.5, 0.6) is 11.5 Å². The van der Waals surface area contributed by atoms with Gasteiger partial charge >= 0.3 is 0 Å². The summed E-state index contributed by atoms with van der Waals surface area (Å²) in [5.41, 5.74) is 6.96. The van der Waals surface area contributed by atoms with E-state index in [0.29, 0.717) is 17.9 Å². The Morgan fingerprint density at radius 2 is 1.89 bits per heavy atom. The minimum absolute atomic E-state index is 0.112. The highest BCUT2D eigenvalue weighted by atomic mass is 32.2. The third-order valence-electron chi connectivity index (χ3n) is 3.76. The van der Waals surface area contributed by atoms with Crippen LogP contribution in [-0.4, -0.2) is 29.2 Å². The molecule has 0 aliphatic carbocycles. The van der Waals surface area contributed by atoms with E-state index in [-0.39, 0.29) is 22.4 Å². The quantitative estimate of drug-likeness (QED) is 0.328. The van der Waals surface area contributed by atoms with Gasteiger partial charge in [-0.25, -0.2) is 0 Å². The molecule has 0 saturated carbocycles. The lowest BCUT2D eigenvalue weighted by Crippen LogP contribution is -2.09. The molecule has 28 heavy (non-hydrogen) atoms. The lowest BCUT2D eigenvalue weighted by Gasteiger charge is -2.11. The predicted octanol–water partition coefficient (Wildman–Crippen LogP) is 3.29. The minimum atomic E-state index is -0.513. The van der Waals surface area contributed by atoms with Crippen molar-refractivity contribution in [3.8, 4) is 11.5 Å². The van der Waals surface area contributed by atoms with Gasteiger partial charge in [0.05, 0.1) is 9.83 Å². The number of hydrogen-bond donors (Lipinski definition) is 1. The summed E-state index contributed by atoms with van der Waals surface area (Å²) in [6.45, 7) is 2.50. The molecule has 0 atom stereocenters. The number of aliphatic imine (C=N–C) groups is 1. The number of ether oxygens (including phenoxy) is 2. The number of non-ortho nitro benzene ring substituents is 1. The lowest BCUT2D eigenvalue weighted by molar-refractivity contribution is -0.384. The molecule has 1 aliphatic rings. The van der Waals surface area contributed by atoms with E-state index in [1.807, 2.05) is 31.2 Å². The molecule has 2 aromatic carbocycles. The molecule has 8 nitrogen and oxygen atoms in total. The molecule has 0 saturated heterocycles. The van der Waals surface area contributed by atoms with E-state index >= 15 is 0 Å². The fourth-order valence-electron chi connectivity index (χ4n) is 2.41. The van der Waals surface area contributed by atoms with Crippen molar-refractivity contribution in [2.45, 2.75) is 6.92 Å². The van der Waals surface area contributed by atoms with Crippen molar-refractivity contribution in [2.24, 2.45) is 10.7 Å². The molecular weight excluding hydrogens is 382 g/mol. The van der Waals surface area contributed by atoms with Crippen LogP contribution in [0.2, 0.25) is 0 Å². The normalized spacial score (nSPS) is 14.8. The number of nitrogens with two attached hydrogens (primary N) is 1. The van der Waals surface area contributed by atoms with E-state index in [4.69, 9.17) is 15.2 Å². The smallest absolute Gasteiger partial charge is 0.286 e. The number of hydrogen-bond acceptors (Lipinski definition) is 7. The maximum Gasteiger partial charge on any atom is 0.286 e. The SMILES string of the molecule is Cc1ccc(OCCOc2ccc([N+](=O)[O-])cc2/C=C2/SC(N)=NC2=O)cc1. The van der Waals surface area contributed by atoms with Gasteiger partial charge < -0.3 is 15.2 Å². The third-order valence-corrected chi connectivity index (χ3v) is 4.57. The van der Waals surface area contributed by atoms with E-state index < -0.39 is 10.8 Å². The van der Waals surface area contributed by atoms with E-state index in [0.717, 1.165) is 23.1 Å². The topological polar surface area (TPSA) is 117 Å². The van der Waals surface area contributed by atoms with Gasteiger partial charge in [0.15, 0.2) is 5.17 Å². The number of nitro benzene ring substituents is 1. The minimum Gasteiger partial charge on any atom is -0.490 e. The number of carbonyl (C=O) groups excluding carboxylic acids is 1. The van der Waals surface area contributed by atoms with Crippen LogP contribution in [0.4, 0.5) is 5.69 Å². The van der Waals surface area contributed by atoms with Crippen LogP contribution in [0.1, 0.15) is 11.1 Å². The van der Waals surface area contributed by atoms with Crippen LogP contribution in [0.15, 0.2) is 52.4 Å². The average molecular weight is 399 g/mol. The van der Waals surface area contributed by atoms with Crippen LogP contribution < -0.4 is 15.2 Å². The predicted molar refractivity (Wildman–Crippen MR) is 107 cm³/mol. The number of benzene rings is 2. The highest BCUT2D eigenvalue weighted by Crippen LogP contribution is 2.31. The molecule has 2 aromatic rings. The zero-order chi connectivity index (χ0) is 20.1. The zero-order valence-electron chi connectivity index (χ0n) is 15.0. The maximum atomic E-state index is 11.8. The molecule has 1 heterocycles. The zero-order valence-corrected chi connectivity index (χ0v) is 15.8. The van der Waals surface area contributed by atoms with E-state index in [2.05, 4.69) is 4.99 Å². The van der Waals surface area contributed by atoms with Crippen molar-refractivity contribution in [1.82, 2.24) is 0 Å². The van der Waals surface area contributed by atoms with Crippen molar-refractivity contribution in [1.29, 1.82) is 0 Å². The van der Waals surface area contributed by atoms with Gasteiger partial charge in [0, 0.05) is 17.7 Å². The summed E-state index contributed by atoms with van der Waals surface area (Å²) in [5.74, 6) is 0.632. The van der Waals surface area contributed by atoms with Crippen molar-refractivity contribution in [3.63, 3.8) is 0 Å². The number of nitrogens with zero attached hydrogens (tertiary/aromatic N) is 2. The van der Waals surface area contributed by atoms with Crippen molar-refractivity contribution < 1.29 is 19.2 Å². The summed E-state index contributed by atoms with van der Waals surface area (Å²) in [6, 6.07) is 11.8. The highest BCUT2D eigenvalue weighted by Gasteiger charge is 2.21. The Balaban J connectivity index is 1.71. The van der Waals surface area contributed by atoms with E-state index in [1.54, 1.807) is 0 Å². The van der Waals surface area contributed by atoms with E-state index in [9.17, 15) is 14.9 Å². The standard InChI is InChI=1S/C19H17N3O5S/c1-12-2-5-15(6-3-12)26-8-9-27-16-7-4-14(22(24)25)10-13(16)11-17-18(23)21-19(20)28-17/h2-7,10-11H,8-9H2,1H3,(H2,20,21,23)/b17-11+. The van der Waals surface area contributed by atoms with Gasteiger partial charge in [-0.2, -0.15) is 4.99 Å². The second-order valence-corrected chi connectivity index (χ2v) is 6.92. The van der Waals surface area contributed by atoms with Gasteiger partial charge in [-0.05, 0) is 43.0 Å². The molecule has 1 aliphatic heterocycles. The molecule has 1 amide bonds. The fraction of sp³-hybridized carbons (Fsp3) is 0.158. The summed E-state index contributed by atoms with van der Waals surface area (Å²) in [7, 11) is 0. The molecule has 0 bridgehead atoms. The number of carbonyl (C=O) groups is 1. The monoisotopic (exact) mass is 399 g/mol. The highest BCUT2D eigenvalue weighted by molar-refractivity contribution is 8.18. The summed E-state index contributed by atoms with van der Waals surface area (Å²) in [6.07, 6.45) is 1.49. The Hall–Kier alpha value is -3.33. The Morgan fingerprint density at radius 3 is 2.54 bits per heavy atom. The van der Waals surface area contributed by atoms with Crippen LogP contribution >= 0.6 is 11.8 Å². The van der Waals surface area contributed by atoms with Gasteiger partial charge in [0.1, 0.15) is 24.7 Å². The molecule has 9 heteroatoms. The maximum absolute atomic E-state index is 11.8. The average Bonchev–Trinajstić information content (AvgIpc) is 2.98. The Kier molecular flexibility index (Phi) is 5.95. The molecule has 3 rings (SSSR count). The van der Waals surface area contributed by atoms with Crippen LogP contribution in [0.25, 0.3) is 6.08 Å². The van der Waals surface area contributed by atoms with Gasteiger partial charge in [0.2, 0.25) is 0 Å². The number of nitro groups is 1. The van der Waals surface area contributed by atoms with Crippen LogP contribution in [0.3, 0.4) is 0 Å². The summed E-state index contributed by atoms with van der Waals surface area (Å²) < 4.78 is 11.3. The number of rotatable bonds is 7. The molecule has 2 N–H and O–H groups in total. The van der Waals surface area contributed by atoms with Gasteiger partial charge in [-0.15, -0.1) is 0 Å². The number of amidine groups is 1. The number of aryl methyl sites for hydroxylation is 1. The van der Waals surface area contributed by atoms with Crippen molar-refractivity contribution in [3.05, 3.63) is 68.6 Å². The first kappa shape index (κ1) is 19.4. The first-order valence-corrected chi connectivity index (χ1v) is 9.13. The molecule has 0 fully saturated rings. The fourth-order valence-corrected chi connectivity index (χ4v) is 3.08. The number of amides is 1. The van der Waals surface area contributed by atoms with E-state index in [1.165, 1.54) is 24.3 Å². The molecule has 0 spiro atoms. The van der Waals surface area contributed by atoms with Crippen LogP contribution in [-0.2, 0) is 4.79 Å². The lowest BCUT2D eigenvalue weighted by atomic mass is 10.1. The van der Waals surface area contributed by atoms with Crippen molar-refractivity contribution in [2.75, 3.05) is 13.2 Å². The molecule has 0 unspecified atom stereocenters. The van der Waals surface area contributed by atoms with Crippen LogP contribution in [0, 0.1) is 17.0 Å². The second kappa shape index (κ2) is 8.57. The first-order valence-electron chi connectivity index (χ1n) is 8.31. The third kappa shape index (κ3) is 4.89. The molecule has 144 valence electrons. The number of thioether (sulfide) groups is 1. The summed E-state index contributed by atoms with van der Waals surface area (Å²) in [4.78, 5) is 26.3. The Morgan fingerprint density at radius 1 is 1.18 bits per heavy atom. The Labute approximate surface area is 165 Å². The van der Waals surface area contributed by atoms with Gasteiger partial charge in [-0.1, -0.05) is 17.7 Å². The Bertz CT molecular complexity index is 970. The first-order chi connectivity index (χ1) is 13.4. The van der Waals surface area contributed by atoms with Gasteiger partial charge in [-0.3, -0.25) is 14.9 Å². The van der Waals surface area contributed by atoms with Gasteiger partial charge in [0.25, 0.3) is 11.6 Å². The molecular formula is C19H17N3O5S. The molecule has 0 aromatic heterocycles. The largest absolute Gasteiger partial charge is 0.490 e.